The highest BCUT2D eigenvalue weighted by Crippen LogP contribution is 2.33. The lowest BCUT2D eigenvalue weighted by Gasteiger charge is -2.18. The van der Waals surface area contributed by atoms with Gasteiger partial charge in [-0.05, 0) is 35.7 Å². The quantitative estimate of drug-likeness (QED) is 0.0797. The van der Waals surface area contributed by atoms with Gasteiger partial charge in [0.15, 0.2) is 5.84 Å². The van der Waals surface area contributed by atoms with Crippen molar-refractivity contribution in [1.29, 1.82) is 0 Å². The highest BCUT2D eigenvalue weighted by Gasteiger charge is 2.31. The molecule has 0 aliphatic heterocycles. The molecule has 0 fully saturated rings. The lowest BCUT2D eigenvalue weighted by Crippen LogP contribution is -2.33. The van der Waals surface area contributed by atoms with Gasteiger partial charge in [-0.2, -0.15) is 0 Å². The molecule has 2 rings (SSSR count). The predicted octanol–water partition coefficient (Wildman–Crippen LogP) is -1.54. The summed E-state index contributed by atoms with van der Waals surface area (Å²) in [5, 5.41) is 11.8. The van der Waals surface area contributed by atoms with Gasteiger partial charge in [0, 0.05) is 30.8 Å². The highest BCUT2D eigenvalue weighted by molar-refractivity contribution is 7.92. The molecule has 0 aliphatic rings. The van der Waals surface area contributed by atoms with Gasteiger partial charge in [-0.25, -0.2) is 38.1 Å². The van der Waals surface area contributed by atoms with E-state index >= 15 is 0 Å². The largest absolute Gasteiger partial charge is 0.382 e. The predicted molar refractivity (Wildman–Crippen MR) is 128 cm³/mol. The van der Waals surface area contributed by atoms with E-state index in [1.165, 1.54) is 12.1 Å². The van der Waals surface area contributed by atoms with Crippen molar-refractivity contribution in [3.63, 3.8) is 0 Å². The Morgan fingerprint density at radius 1 is 1.09 bits per heavy atom. The maximum absolute atomic E-state index is 12.8. The number of nitrogens with one attached hydrogen (secondary N) is 3. The lowest BCUT2D eigenvalue weighted by atomic mass is 9.97. The van der Waals surface area contributed by atoms with Gasteiger partial charge in [-0.3, -0.25) is 4.79 Å². The molecule has 0 saturated carbocycles. The van der Waals surface area contributed by atoms with E-state index in [0.29, 0.717) is 17.7 Å². The molecule has 0 unspecified atom stereocenters. The Morgan fingerprint density at radius 2 is 1.79 bits per heavy atom. The van der Waals surface area contributed by atoms with Crippen molar-refractivity contribution in [2.75, 3.05) is 19.6 Å². The number of carbonyl (C=O) groups is 1. The van der Waals surface area contributed by atoms with Crippen LogP contribution in [0.2, 0.25) is 0 Å². The standard InChI is InChI=1S/C19H28N8O5S2/c1-2-9-24-19(28)13-5-3-4-12(11-13)14-6-7-15(34(31,32)25-10-8-20)17(33(23,29)30)16(14)18(21)26-27-22/h3-7,11,25,27H,2,8-10,20,22H2,1H3,(H2,21,26)(H,24,28)(H2,23,29,30). The second kappa shape index (κ2) is 11.4. The number of benzene rings is 2. The first-order valence-electron chi connectivity index (χ1n) is 10.0. The van der Waals surface area contributed by atoms with E-state index in [0.717, 1.165) is 12.5 Å². The molecule has 0 aliphatic carbocycles. The van der Waals surface area contributed by atoms with Crippen LogP contribution in [0.1, 0.15) is 29.3 Å². The third-order valence-corrected chi connectivity index (χ3v) is 7.17. The van der Waals surface area contributed by atoms with Crippen molar-refractivity contribution in [1.82, 2.24) is 15.6 Å². The van der Waals surface area contributed by atoms with E-state index in [-0.39, 0.29) is 30.1 Å². The average Bonchev–Trinajstić information content (AvgIpc) is 2.79. The Labute approximate surface area is 198 Å². The summed E-state index contributed by atoms with van der Waals surface area (Å²) >= 11 is 0. The molecule has 2 aromatic rings. The molecule has 0 bridgehead atoms. The van der Waals surface area contributed by atoms with Gasteiger partial charge in [0.1, 0.15) is 9.79 Å². The number of primary sulfonamides is 1. The van der Waals surface area contributed by atoms with Gasteiger partial charge >= 0.3 is 0 Å². The lowest BCUT2D eigenvalue weighted by molar-refractivity contribution is 0.0953. The molecule has 186 valence electrons. The maximum atomic E-state index is 12.8. The van der Waals surface area contributed by atoms with Crippen LogP contribution in [0.15, 0.2) is 51.3 Å². The molecule has 0 atom stereocenters. The minimum atomic E-state index is -4.66. The maximum Gasteiger partial charge on any atom is 0.251 e. The fourth-order valence-corrected chi connectivity index (χ4v) is 5.78. The van der Waals surface area contributed by atoms with Gasteiger partial charge in [0.25, 0.3) is 5.91 Å². The summed E-state index contributed by atoms with van der Waals surface area (Å²) in [7, 11) is -9.02. The molecule has 15 heteroatoms. The van der Waals surface area contributed by atoms with E-state index in [1.807, 2.05) is 12.5 Å². The summed E-state index contributed by atoms with van der Waals surface area (Å²) in [6.07, 6.45) is 0.737. The van der Waals surface area contributed by atoms with E-state index in [1.54, 1.807) is 18.2 Å². The van der Waals surface area contributed by atoms with Gasteiger partial charge in [0.05, 0.1) is 0 Å². The first-order chi connectivity index (χ1) is 16.0. The molecule has 13 nitrogen and oxygen atoms in total. The van der Waals surface area contributed by atoms with Gasteiger partial charge in [-0.15, -0.1) is 5.10 Å². The van der Waals surface area contributed by atoms with E-state index in [2.05, 4.69) is 15.1 Å². The summed E-state index contributed by atoms with van der Waals surface area (Å²) in [6, 6.07) is 8.66. The molecule has 34 heavy (non-hydrogen) atoms. The summed E-state index contributed by atoms with van der Waals surface area (Å²) in [5.74, 6) is 4.43. The fourth-order valence-electron chi connectivity index (χ4n) is 3.12. The van der Waals surface area contributed by atoms with Crippen LogP contribution < -0.4 is 38.0 Å². The number of amidine groups is 1. The Morgan fingerprint density at radius 3 is 2.38 bits per heavy atom. The second-order valence-electron chi connectivity index (χ2n) is 7.01. The zero-order valence-electron chi connectivity index (χ0n) is 18.4. The van der Waals surface area contributed by atoms with E-state index in [9.17, 15) is 21.6 Å². The van der Waals surface area contributed by atoms with E-state index in [4.69, 9.17) is 22.4 Å². The molecule has 0 saturated heterocycles. The Balaban J connectivity index is 2.89. The van der Waals surface area contributed by atoms with Crippen LogP contribution in [0.25, 0.3) is 11.1 Å². The normalized spacial score (nSPS) is 12.4. The van der Waals surface area contributed by atoms with Gasteiger partial charge < -0.3 is 16.8 Å². The Hall–Kier alpha value is -3.08. The number of nitrogens with zero attached hydrogens (tertiary/aromatic N) is 1. The first-order valence-corrected chi connectivity index (χ1v) is 13.1. The fraction of sp³-hybridized carbons (Fsp3) is 0.263. The topological polar surface area (TPSA) is 238 Å². The summed E-state index contributed by atoms with van der Waals surface area (Å²) in [4.78, 5) is 11.0. The number of hydrogen-bond donors (Lipinski definition) is 7. The Bertz CT molecular complexity index is 1290. The molecule has 0 spiro atoms. The number of rotatable bonds is 11. The smallest absolute Gasteiger partial charge is 0.251 e. The number of amides is 1. The first kappa shape index (κ1) is 27.2. The minimum absolute atomic E-state index is 0.0253. The molecule has 2 aromatic carbocycles. The van der Waals surface area contributed by atoms with Crippen molar-refractivity contribution in [3.8, 4) is 11.1 Å². The zero-order valence-corrected chi connectivity index (χ0v) is 20.0. The molecular formula is C19H28N8O5S2. The van der Waals surface area contributed by atoms with Crippen molar-refractivity contribution in [2.24, 2.45) is 27.6 Å². The third kappa shape index (κ3) is 6.28. The second-order valence-corrected chi connectivity index (χ2v) is 10.2. The van der Waals surface area contributed by atoms with Crippen molar-refractivity contribution < 1.29 is 21.6 Å². The number of nitrogens with two attached hydrogens (primary N) is 4. The molecule has 0 radical (unpaired) electrons. The van der Waals surface area contributed by atoms with Crippen LogP contribution in [-0.2, 0) is 20.0 Å². The van der Waals surface area contributed by atoms with Crippen molar-refractivity contribution >= 4 is 31.8 Å². The van der Waals surface area contributed by atoms with E-state index < -0.39 is 35.7 Å². The van der Waals surface area contributed by atoms with Crippen LogP contribution in [0.4, 0.5) is 0 Å². The zero-order chi connectivity index (χ0) is 25.5. The molecule has 0 aromatic heterocycles. The van der Waals surface area contributed by atoms with Crippen LogP contribution in [0.3, 0.4) is 0 Å². The summed E-state index contributed by atoms with van der Waals surface area (Å²) < 4.78 is 53.1. The van der Waals surface area contributed by atoms with Crippen molar-refractivity contribution in [3.05, 3.63) is 47.5 Å². The van der Waals surface area contributed by atoms with Gasteiger partial charge in [0.2, 0.25) is 20.0 Å². The van der Waals surface area contributed by atoms with Gasteiger partial charge in [-0.1, -0.05) is 25.1 Å². The number of hydrogen-bond acceptors (Lipinski definition) is 9. The minimum Gasteiger partial charge on any atom is -0.382 e. The SMILES string of the molecule is CCCNC(=O)c1cccc(-c2ccc(S(=O)(=O)NCCN)c(S(N)(=O)=O)c2/C(N)=N/NN)c1. The number of carbonyl (C=O) groups excluding carboxylic acids is 1. The summed E-state index contributed by atoms with van der Waals surface area (Å²) in [6.45, 7) is 2.20. The monoisotopic (exact) mass is 512 g/mol. The van der Waals surface area contributed by atoms with Crippen molar-refractivity contribution in [2.45, 2.75) is 23.1 Å². The number of hydrazine groups is 1. The van der Waals surface area contributed by atoms with Crippen LogP contribution in [-0.4, -0.2) is 48.2 Å². The highest BCUT2D eigenvalue weighted by atomic mass is 32.2. The molecule has 1 amide bonds. The summed E-state index contributed by atoms with van der Waals surface area (Å²) in [5.41, 5.74) is 13.8. The molecular weight excluding hydrogens is 484 g/mol. The number of sulfonamides is 2. The van der Waals surface area contributed by atoms with Crippen LogP contribution in [0.5, 0.6) is 0 Å². The molecule has 0 heterocycles. The average molecular weight is 513 g/mol. The molecule has 11 N–H and O–H groups in total. The Kier molecular flexibility index (Phi) is 9.08. The van der Waals surface area contributed by atoms with Crippen LogP contribution >= 0.6 is 0 Å². The third-order valence-electron chi connectivity index (χ3n) is 4.54. The van der Waals surface area contributed by atoms with Crippen LogP contribution in [0, 0.1) is 0 Å². The number of hydrazone groups is 1.